The highest BCUT2D eigenvalue weighted by Crippen LogP contribution is 2.35. The van der Waals surface area contributed by atoms with Crippen molar-refractivity contribution in [1.29, 1.82) is 0 Å². The Morgan fingerprint density at radius 3 is 2.56 bits per heavy atom. The minimum Gasteiger partial charge on any atom is -0.493 e. The van der Waals surface area contributed by atoms with Crippen molar-refractivity contribution in [3.05, 3.63) is 58.5 Å². The number of aryl methyl sites for hydroxylation is 1. The first-order valence-electron chi connectivity index (χ1n) is 8.65. The number of amides is 1. The molecule has 2 aromatic rings. The minimum absolute atomic E-state index is 0.0706. The van der Waals surface area contributed by atoms with Gasteiger partial charge in [-0.15, -0.1) is 0 Å². The van der Waals surface area contributed by atoms with E-state index in [0.717, 1.165) is 11.3 Å². The van der Waals surface area contributed by atoms with Gasteiger partial charge in [-0.3, -0.25) is 9.69 Å². The Kier molecular flexibility index (Phi) is 5.86. The van der Waals surface area contributed by atoms with E-state index in [-0.39, 0.29) is 5.91 Å². The van der Waals surface area contributed by atoms with Crippen LogP contribution in [0.3, 0.4) is 0 Å². The number of rotatable bonds is 5. The monoisotopic (exact) mass is 382 g/mol. The zero-order chi connectivity index (χ0) is 19.4. The molecule has 3 rings (SSSR count). The van der Waals surface area contributed by atoms with E-state index in [2.05, 4.69) is 4.99 Å². The fourth-order valence-electron chi connectivity index (χ4n) is 2.58. The van der Waals surface area contributed by atoms with Gasteiger partial charge in [-0.05, 0) is 61.5 Å². The molecule has 2 aromatic carbocycles. The van der Waals surface area contributed by atoms with E-state index in [1.165, 1.54) is 17.3 Å². The van der Waals surface area contributed by atoms with Crippen LogP contribution in [0.1, 0.15) is 18.1 Å². The molecule has 0 saturated carbocycles. The summed E-state index contributed by atoms with van der Waals surface area (Å²) in [4.78, 5) is 19.4. The molecule has 0 spiro atoms. The maximum atomic E-state index is 12.6. The molecule has 1 fully saturated rings. The van der Waals surface area contributed by atoms with Gasteiger partial charge in [0.05, 0.1) is 24.3 Å². The number of benzene rings is 2. The second-order valence-electron chi connectivity index (χ2n) is 6.05. The van der Waals surface area contributed by atoms with Crippen LogP contribution in [-0.4, -0.2) is 36.7 Å². The van der Waals surface area contributed by atoms with Gasteiger partial charge < -0.3 is 9.47 Å². The lowest BCUT2D eigenvalue weighted by atomic mass is 10.2. The van der Waals surface area contributed by atoms with Gasteiger partial charge in [-0.2, -0.15) is 0 Å². The lowest BCUT2D eigenvalue weighted by Crippen LogP contribution is -2.23. The largest absolute Gasteiger partial charge is 0.493 e. The van der Waals surface area contributed by atoms with Crippen LogP contribution >= 0.6 is 11.8 Å². The van der Waals surface area contributed by atoms with Crippen molar-refractivity contribution >= 4 is 34.6 Å². The van der Waals surface area contributed by atoms with Crippen LogP contribution in [0.15, 0.2) is 52.4 Å². The van der Waals surface area contributed by atoms with Crippen molar-refractivity contribution in [2.24, 2.45) is 4.99 Å². The molecule has 0 radical (unpaired) electrons. The maximum Gasteiger partial charge on any atom is 0.266 e. The first-order valence-corrected chi connectivity index (χ1v) is 9.47. The SMILES string of the molecule is CCOc1ccc(/C=C2/SC(=Nc3ccc(C)cc3)N(C)C2=O)cc1OC. The molecule has 27 heavy (non-hydrogen) atoms. The molecular formula is C21H22N2O3S. The molecule has 0 aromatic heterocycles. The zero-order valence-electron chi connectivity index (χ0n) is 15.9. The second-order valence-corrected chi connectivity index (χ2v) is 7.06. The summed E-state index contributed by atoms with van der Waals surface area (Å²) in [7, 11) is 3.34. The zero-order valence-corrected chi connectivity index (χ0v) is 16.7. The number of ether oxygens (including phenoxy) is 2. The van der Waals surface area contributed by atoms with Crippen molar-refractivity contribution in [3.63, 3.8) is 0 Å². The summed E-state index contributed by atoms with van der Waals surface area (Å²) in [5.74, 6) is 1.26. The molecule has 0 bridgehead atoms. The highest BCUT2D eigenvalue weighted by atomic mass is 32.2. The molecule has 1 heterocycles. The molecule has 5 nitrogen and oxygen atoms in total. The van der Waals surface area contributed by atoms with E-state index in [0.29, 0.717) is 28.2 Å². The van der Waals surface area contributed by atoms with Crippen LogP contribution in [0.25, 0.3) is 6.08 Å². The lowest BCUT2D eigenvalue weighted by molar-refractivity contribution is -0.121. The summed E-state index contributed by atoms with van der Waals surface area (Å²) in [6, 6.07) is 13.5. The molecule has 140 valence electrons. The van der Waals surface area contributed by atoms with Gasteiger partial charge >= 0.3 is 0 Å². The minimum atomic E-state index is -0.0706. The van der Waals surface area contributed by atoms with Crippen LogP contribution in [0.4, 0.5) is 5.69 Å². The van der Waals surface area contributed by atoms with Crippen LogP contribution in [0.5, 0.6) is 11.5 Å². The summed E-state index contributed by atoms with van der Waals surface area (Å²) in [6.45, 7) is 4.52. The van der Waals surface area contributed by atoms with Gasteiger partial charge in [0.2, 0.25) is 0 Å². The molecule has 0 aliphatic carbocycles. The van der Waals surface area contributed by atoms with Crippen molar-refractivity contribution in [3.8, 4) is 11.5 Å². The predicted molar refractivity (Wildman–Crippen MR) is 111 cm³/mol. The molecule has 6 heteroatoms. The van der Waals surface area contributed by atoms with E-state index in [1.807, 2.05) is 62.4 Å². The predicted octanol–water partition coefficient (Wildman–Crippen LogP) is 4.64. The average molecular weight is 382 g/mol. The molecule has 0 atom stereocenters. The number of amidine groups is 1. The summed E-state index contributed by atoms with van der Waals surface area (Å²) in [5, 5.41) is 0.660. The number of carbonyl (C=O) groups excluding carboxylic acids is 1. The van der Waals surface area contributed by atoms with Crippen LogP contribution < -0.4 is 9.47 Å². The first-order chi connectivity index (χ1) is 13.0. The van der Waals surface area contributed by atoms with E-state index in [1.54, 1.807) is 19.1 Å². The number of nitrogens with zero attached hydrogens (tertiary/aromatic N) is 2. The van der Waals surface area contributed by atoms with Crippen LogP contribution in [0, 0.1) is 6.92 Å². The number of hydrogen-bond donors (Lipinski definition) is 0. The third-order valence-corrected chi connectivity index (χ3v) is 5.11. The highest BCUT2D eigenvalue weighted by molar-refractivity contribution is 8.18. The fraction of sp³-hybridized carbons (Fsp3) is 0.238. The third-order valence-electron chi connectivity index (χ3n) is 4.05. The van der Waals surface area contributed by atoms with Gasteiger partial charge in [0.25, 0.3) is 5.91 Å². The van der Waals surface area contributed by atoms with E-state index in [9.17, 15) is 4.79 Å². The summed E-state index contributed by atoms with van der Waals surface area (Å²) < 4.78 is 10.9. The highest BCUT2D eigenvalue weighted by Gasteiger charge is 2.30. The Hall–Kier alpha value is -2.73. The summed E-state index contributed by atoms with van der Waals surface area (Å²) in [5.41, 5.74) is 2.87. The Bertz CT molecular complexity index is 904. The number of carbonyl (C=O) groups is 1. The van der Waals surface area contributed by atoms with Gasteiger partial charge in [0.15, 0.2) is 16.7 Å². The Labute approximate surface area is 163 Å². The average Bonchev–Trinajstić information content (AvgIpc) is 2.93. The van der Waals surface area contributed by atoms with Gasteiger partial charge in [0, 0.05) is 7.05 Å². The lowest BCUT2D eigenvalue weighted by Gasteiger charge is -2.09. The fourth-order valence-corrected chi connectivity index (χ4v) is 3.57. The quantitative estimate of drug-likeness (QED) is 0.707. The molecule has 1 amide bonds. The first kappa shape index (κ1) is 19.0. The van der Waals surface area contributed by atoms with Crippen molar-refractivity contribution < 1.29 is 14.3 Å². The summed E-state index contributed by atoms with van der Waals surface area (Å²) >= 11 is 1.36. The van der Waals surface area contributed by atoms with Gasteiger partial charge in [-0.1, -0.05) is 23.8 Å². The number of thioether (sulfide) groups is 1. The Morgan fingerprint density at radius 1 is 1.15 bits per heavy atom. The number of aliphatic imine (C=N–C) groups is 1. The molecular weight excluding hydrogens is 360 g/mol. The van der Waals surface area contributed by atoms with E-state index in [4.69, 9.17) is 9.47 Å². The second kappa shape index (κ2) is 8.31. The molecule has 0 unspecified atom stereocenters. The normalized spacial score (nSPS) is 17.0. The van der Waals surface area contributed by atoms with Crippen molar-refractivity contribution in [2.45, 2.75) is 13.8 Å². The number of methoxy groups -OCH3 is 1. The third kappa shape index (κ3) is 4.34. The molecule has 0 N–H and O–H groups in total. The van der Waals surface area contributed by atoms with Crippen molar-refractivity contribution in [2.75, 3.05) is 20.8 Å². The standard InChI is InChI=1S/C21H22N2O3S/c1-5-26-17-11-8-15(12-18(17)25-4)13-19-20(24)23(3)21(27-19)22-16-9-6-14(2)7-10-16/h6-13H,5H2,1-4H3/b19-13+,22-21?. The van der Waals surface area contributed by atoms with Gasteiger partial charge in [0.1, 0.15) is 0 Å². The summed E-state index contributed by atoms with van der Waals surface area (Å²) in [6.07, 6.45) is 1.85. The molecule has 1 aliphatic rings. The van der Waals surface area contributed by atoms with Crippen LogP contribution in [0.2, 0.25) is 0 Å². The van der Waals surface area contributed by atoms with Crippen LogP contribution in [-0.2, 0) is 4.79 Å². The Balaban J connectivity index is 1.87. The van der Waals surface area contributed by atoms with Gasteiger partial charge in [-0.25, -0.2) is 4.99 Å². The smallest absolute Gasteiger partial charge is 0.266 e. The topological polar surface area (TPSA) is 51.1 Å². The van der Waals surface area contributed by atoms with E-state index >= 15 is 0 Å². The van der Waals surface area contributed by atoms with Crippen molar-refractivity contribution in [1.82, 2.24) is 4.90 Å². The number of likely N-dealkylation sites (N-methyl/N-ethyl adjacent to an activating group) is 1. The number of hydrogen-bond acceptors (Lipinski definition) is 5. The molecule has 1 saturated heterocycles. The molecule has 1 aliphatic heterocycles. The Morgan fingerprint density at radius 2 is 1.89 bits per heavy atom. The maximum absolute atomic E-state index is 12.6. The van der Waals surface area contributed by atoms with E-state index < -0.39 is 0 Å².